The highest BCUT2D eigenvalue weighted by Crippen LogP contribution is 2.33. The Labute approximate surface area is 113 Å². The van der Waals surface area contributed by atoms with E-state index < -0.39 is 17.5 Å². The standard InChI is InChI=1S/C10H17NO2.C3H6O3/c1-4-10(5-2)8(12)7(3)6-11-9(10)13;1-2(4)3(5)6/h7H,4-6H2,1-3H3,(H,11,13);2,4H,1H3,(H,5,6)/t7-;/m1./s1. The Kier molecular flexibility index (Phi) is 6.69. The number of rotatable bonds is 3. The Bertz CT molecular complexity index is 347. The third-order valence-corrected chi connectivity index (χ3v) is 3.49. The monoisotopic (exact) mass is 273 g/mol. The summed E-state index contributed by atoms with van der Waals surface area (Å²) in [5.41, 5.74) is -0.738. The minimum atomic E-state index is -1.23. The fraction of sp³-hybridized carbons (Fsp3) is 0.769. The molecule has 3 N–H and O–H groups in total. The van der Waals surface area contributed by atoms with E-state index in [9.17, 15) is 14.4 Å². The molecule has 1 heterocycles. The first kappa shape index (κ1) is 17.6. The number of hydrogen-bond donors (Lipinski definition) is 3. The second-order valence-electron chi connectivity index (χ2n) is 4.78. The van der Waals surface area contributed by atoms with Gasteiger partial charge in [0.15, 0.2) is 5.78 Å². The number of carbonyl (C=O) groups excluding carboxylic acids is 2. The maximum absolute atomic E-state index is 11.9. The Morgan fingerprint density at radius 2 is 1.84 bits per heavy atom. The van der Waals surface area contributed by atoms with Crippen molar-refractivity contribution in [1.29, 1.82) is 0 Å². The molecular formula is C13H23NO5. The molecule has 1 rings (SSSR count). The Balaban J connectivity index is 0.000000459. The Morgan fingerprint density at radius 1 is 1.42 bits per heavy atom. The van der Waals surface area contributed by atoms with Crippen LogP contribution in [-0.4, -0.2) is 40.5 Å². The Morgan fingerprint density at radius 3 is 2.11 bits per heavy atom. The van der Waals surface area contributed by atoms with Crippen molar-refractivity contribution in [2.24, 2.45) is 11.3 Å². The predicted molar refractivity (Wildman–Crippen MR) is 69.5 cm³/mol. The van der Waals surface area contributed by atoms with Crippen LogP contribution >= 0.6 is 0 Å². The maximum atomic E-state index is 11.9. The van der Waals surface area contributed by atoms with Gasteiger partial charge >= 0.3 is 5.97 Å². The second-order valence-corrected chi connectivity index (χ2v) is 4.78. The number of carboxylic acids is 1. The van der Waals surface area contributed by atoms with Crippen molar-refractivity contribution in [2.75, 3.05) is 6.54 Å². The maximum Gasteiger partial charge on any atom is 0.332 e. The number of hydrogen-bond acceptors (Lipinski definition) is 4. The molecule has 1 fully saturated rings. The highest BCUT2D eigenvalue weighted by molar-refractivity contribution is 6.08. The first-order valence-corrected chi connectivity index (χ1v) is 6.46. The molecule has 0 aromatic heterocycles. The van der Waals surface area contributed by atoms with Crippen LogP contribution in [0, 0.1) is 11.3 Å². The summed E-state index contributed by atoms with van der Waals surface area (Å²) in [5.74, 6) is -1.19. The van der Waals surface area contributed by atoms with Gasteiger partial charge in [0.25, 0.3) is 0 Å². The lowest BCUT2D eigenvalue weighted by atomic mass is 9.71. The van der Waals surface area contributed by atoms with Crippen molar-refractivity contribution < 1.29 is 24.6 Å². The molecule has 0 bridgehead atoms. The van der Waals surface area contributed by atoms with Crippen LogP contribution in [0.15, 0.2) is 0 Å². The fourth-order valence-electron chi connectivity index (χ4n) is 2.01. The predicted octanol–water partition coefficient (Wildman–Crippen LogP) is 0.580. The number of ketones is 1. The van der Waals surface area contributed by atoms with E-state index in [2.05, 4.69) is 5.32 Å². The lowest BCUT2D eigenvalue weighted by molar-refractivity contribution is -0.149. The average Bonchev–Trinajstić information content (AvgIpc) is 2.37. The summed E-state index contributed by atoms with van der Waals surface area (Å²) in [6.07, 6.45) is -0.0122. The molecular weight excluding hydrogens is 250 g/mol. The van der Waals surface area contributed by atoms with E-state index >= 15 is 0 Å². The summed E-state index contributed by atoms with van der Waals surface area (Å²) in [7, 11) is 0. The molecule has 110 valence electrons. The molecule has 1 amide bonds. The van der Waals surface area contributed by atoms with Crippen molar-refractivity contribution in [3.05, 3.63) is 0 Å². The molecule has 1 unspecified atom stereocenters. The van der Waals surface area contributed by atoms with Crippen LogP contribution in [0.3, 0.4) is 0 Å². The number of piperidine rings is 1. The van der Waals surface area contributed by atoms with Gasteiger partial charge in [0.2, 0.25) is 5.91 Å². The summed E-state index contributed by atoms with van der Waals surface area (Å²) in [5, 5.41) is 18.6. The highest BCUT2D eigenvalue weighted by atomic mass is 16.4. The molecule has 19 heavy (non-hydrogen) atoms. The lowest BCUT2D eigenvalue weighted by Crippen LogP contribution is -2.55. The van der Waals surface area contributed by atoms with E-state index in [1.54, 1.807) is 0 Å². The number of nitrogens with one attached hydrogen (secondary N) is 1. The number of aliphatic carboxylic acids is 1. The Hall–Kier alpha value is -1.43. The van der Waals surface area contributed by atoms with Crippen molar-refractivity contribution in [3.63, 3.8) is 0 Å². The van der Waals surface area contributed by atoms with Crippen LogP contribution in [-0.2, 0) is 14.4 Å². The van der Waals surface area contributed by atoms with Gasteiger partial charge in [-0.3, -0.25) is 9.59 Å². The molecule has 0 spiro atoms. The summed E-state index contributed by atoms with van der Waals surface area (Å²) < 4.78 is 0. The van der Waals surface area contributed by atoms with E-state index in [0.29, 0.717) is 19.4 Å². The molecule has 1 aliphatic heterocycles. The number of amides is 1. The van der Waals surface area contributed by atoms with Gasteiger partial charge in [-0.05, 0) is 19.8 Å². The van der Waals surface area contributed by atoms with Crippen LogP contribution in [0.5, 0.6) is 0 Å². The highest BCUT2D eigenvalue weighted by Gasteiger charge is 2.47. The molecule has 0 aliphatic carbocycles. The number of carbonyl (C=O) groups is 3. The zero-order valence-corrected chi connectivity index (χ0v) is 11.9. The van der Waals surface area contributed by atoms with E-state index in [-0.39, 0.29) is 17.6 Å². The van der Waals surface area contributed by atoms with Crippen molar-refractivity contribution in [1.82, 2.24) is 5.32 Å². The van der Waals surface area contributed by atoms with Crippen LogP contribution in [0.1, 0.15) is 40.5 Å². The second kappa shape index (κ2) is 7.23. The third-order valence-electron chi connectivity index (χ3n) is 3.49. The zero-order chi connectivity index (χ0) is 15.2. The van der Waals surface area contributed by atoms with E-state index in [1.807, 2.05) is 20.8 Å². The minimum Gasteiger partial charge on any atom is -0.479 e. The molecule has 1 saturated heterocycles. The SMILES string of the molecule is CC(O)C(=O)O.CCC1(CC)C(=O)NC[C@@H](C)C1=O. The van der Waals surface area contributed by atoms with Gasteiger partial charge in [-0.1, -0.05) is 20.8 Å². The van der Waals surface area contributed by atoms with Crippen LogP contribution in [0.4, 0.5) is 0 Å². The molecule has 6 nitrogen and oxygen atoms in total. The van der Waals surface area contributed by atoms with Crippen molar-refractivity contribution in [3.8, 4) is 0 Å². The van der Waals surface area contributed by atoms with Gasteiger partial charge < -0.3 is 15.5 Å². The smallest absolute Gasteiger partial charge is 0.332 e. The van der Waals surface area contributed by atoms with Gasteiger partial charge in [-0.25, -0.2) is 4.79 Å². The van der Waals surface area contributed by atoms with E-state index in [4.69, 9.17) is 10.2 Å². The summed E-state index contributed by atoms with van der Waals surface area (Å²) in [6, 6.07) is 0. The normalized spacial score (nSPS) is 22.9. The first-order valence-electron chi connectivity index (χ1n) is 6.46. The third kappa shape index (κ3) is 4.02. The number of carboxylic acid groups (broad SMARTS) is 1. The van der Waals surface area contributed by atoms with Gasteiger partial charge in [-0.15, -0.1) is 0 Å². The number of aliphatic hydroxyl groups excluding tert-OH is 1. The summed E-state index contributed by atoms with van der Waals surface area (Å²) in [6.45, 7) is 7.38. The number of Topliss-reactive ketones (excluding diaryl/α,β-unsaturated/α-hetero) is 1. The van der Waals surface area contributed by atoms with E-state index in [0.717, 1.165) is 0 Å². The first-order chi connectivity index (χ1) is 8.72. The van der Waals surface area contributed by atoms with Crippen LogP contribution < -0.4 is 5.32 Å². The quantitative estimate of drug-likeness (QED) is 0.652. The van der Waals surface area contributed by atoms with Crippen LogP contribution in [0.2, 0.25) is 0 Å². The number of aliphatic hydroxyl groups is 1. The van der Waals surface area contributed by atoms with E-state index in [1.165, 1.54) is 6.92 Å². The molecule has 1 aliphatic rings. The fourth-order valence-corrected chi connectivity index (χ4v) is 2.01. The minimum absolute atomic E-state index is 0.0300. The van der Waals surface area contributed by atoms with Gasteiger partial charge in [0.1, 0.15) is 11.5 Å². The average molecular weight is 273 g/mol. The molecule has 0 radical (unpaired) electrons. The molecule has 0 aromatic rings. The molecule has 0 aromatic carbocycles. The molecule has 6 heteroatoms. The molecule has 2 atom stereocenters. The lowest BCUT2D eigenvalue weighted by Gasteiger charge is -2.35. The summed E-state index contributed by atoms with van der Waals surface area (Å²) in [4.78, 5) is 32.9. The largest absolute Gasteiger partial charge is 0.479 e. The summed E-state index contributed by atoms with van der Waals surface area (Å²) >= 11 is 0. The van der Waals surface area contributed by atoms with Crippen molar-refractivity contribution >= 4 is 17.7 Å². The topological polar surface area (TPSA) is 104 Å². The van der Waals surface area contributed by atoms with Gasteiger partial charge in [0.05, 0.1) is 0 Å². The van der Waals surface area contributed by atoms with Gasteiger partial charge in [-0.2, -0.15) is 0 Å². The van der Waals surface area contributed by atoms with Gasteiger partial charge in [0, 0.05) is 12.5 Å². The molecule has 0 saturated carbocycles. The zero-order valence-electron chi connectivity index (χ0n) is 11.9. The van der Waals surface area contributed by atoms with Crippen molar-refractivity contribution in [2.45, 2.75) is 46.6 Å². The van der Waals surface area contributed by atoms with Crippen LogP contribution in [0.25, 0.3) is 0 Å².